The molecule has 0 aromatic heterocycles. The first-order valence-electron chi connectivity index (χ1n) is 6.95. The van der Waals surface area contributed by atoms with Crippen LogP contribution < -0.4 is 0 Å². The van der Waals surface area contributed by atoms with Crippen molar-refractivity contribution in [1.29, 1.82) is 0 Å². The Bertz CT molecular complexity index is 186. The third-order valence-corrected chi connectivity index (χ3v) is 5.39. The molecule has 4 unspecified atom stereocenters. The summed E-state index contributed by atoms with van der Waals surface area (Å²) in [6.45, 7) is 0. The highest BCUT2D eigenvalue weighted by Gasteiger charge is 2.40. The molecule has 0 aromatic rings. The topological polar surface area (TPSA) is 0 Å². The van der Waals surface area contributed by atoms with Crippen LogP contribution in [0.15, 0.2) is 0 Å². The Balaban J connectivity index is 0.000000853. The van der Waals surface area contributed by atoms with Crippen LogP contribution in [-0.2, 0) is 0 Å². The highest BCUT2D eigenvalue weighted by molar-refractivity contribution is 4.91. The van der Waals surface area contributed by atoms with Crippen molar-refractivity contribution in [2.24, 2.45) is 23.7 Å². The Morgan fingerprint density at radius 2 is 0.929 bits per heavy atom. The predicted octanol–water partition coefficient (Wildman–Crippen LogP) is 5.13. The molecular formula is C14H30. The van der Waals surface area contributed by atoms with E-state index >= 15 is 0 Å². The molecule has 0 heterocycles. The van der Waals surface area contributed by atoms with Crippen LogP contribution in [0.3, 0.4) is 0 Å². The monoisotopic (exact) mass is 198 g/mol. The van der Waals surface area contributed by atoms with Gasteiger partial charge in [0.15, 0.2) is 0 Å². The van der Waals surface area contributed by atoms with E-state index in [1.807, 2.05) is 0 Å². The van der Waals surface area contributed by atoms with Crippen LogP contribution in [0.5, 0.6) is 0 Å². The van der Waals surface area contributed by atoms with Crippen LogP contribution in [0.4, 0.5) is 0 Å². The van der Waals surface area contributed by atoms with Crippen LogP contribution in [0.2, 0.25) is 0 Å². The lowest BCUT2D eigenvalue weighted by Crippen LogP contribution is -2.38. The van der Waals surface area contributed by atoms with Crippen molar-refractivity contribution in [2.75, 3.05) is 0 Å². The predicted molar refractivity (Wildman–Crippen MR) is 66.5 cm³/mol. The normalized spacial score (nSPS) is 48.0. The maximum Gasteiger partial charge on any atom is 0 e. The molecule has 3 rings (SSSR count). The summed E-state index contributed by atoms with van der Waals surface area (Å²) in [5.74, 6) is 4.65. The van der Waals surface area contributed by atoms with Gasteiger partial charge in [-0.2, -0.15) is 0 Å². The van der Waals surface area contributed by atoms with Gasteiger partial charge in [-0.25, -0.2) is 0 Å². The lowest BCUT2D eigenvalue weighted by atomic mass is 9.58. The molecule has 3 aliphatic rings. The van der Waals surface area contributed by atoms with E-state index in [2.05, 4.69) is 0 Å². The van der Waals surface area contributed by atoms with Gasteiger partial charge in [0, 0.05) is 4.28 Å². The van der Waals surface area contributed by atoms with Crippen LogP contribution in [0.1, 0.15) is 68.5 Å². The molecule has 0 bridgehead atoms. The summed E-state index contributed by atoms with van der Waals surface area (Å²) in [6.07, 6.45) is 15.7. The molecule has 3 fully saturated rings. The second kappa shape index (κ2) is 3.87. The van der Waals surface area contributed by atoms with Gasteiger partial charge in [0.2, 0.25) is 0 Å². The van der Waals surface area contributed by atoms with Crippen molar-refractivity contribution in [3.63, 3.8) is 0 Å². The highest BCUT2D eigenvalue weighted by atomic mass is 14.5. The molecule has 0 radical (unpaired) electrons. The van der Waals surface area contributed by atoms with Crippen molar-refractivity contribution in [3.8, 4) is 0 Å². The fraction of sp³-hybridized carbons (Fsp3) is 1.00. The van der Waals surface area contributed by atoms with Crippen molar-refractivity contribution in [1.82, 2.24) is 0 Å². The smallest absolute Gasteiger partial charge is 0 e. The second-order valence-corrected chi connectivity index (χ2v) is 5.99. The second-order valence-electron chi connectivity index (χ2n) is 5.99. The molecule has 86 valence electrons. The van der Waals surface area contributed by atoms with Crippen molar-refractivity contribution >= 4 is 0 Å². The fourth-order valence-electron chi connectivity index (χ4n) is 4.74. The molecule has 0 aliphatic heterocycles. The zero-order valence-corrected chi connectivity index (χ0v) is 9.38. The summed E-state index contributed by atoms with van der Waals surface area (Å²) in [7, 11) is 0. The van der Waals surface area contributed by atoms with Crippen LogP contribution in [0, 0.1) is 23.7 Å². The molecule has 14 heavy (non-hydrogen) atoms. The highest BCUT2D eigenvalue weighted by Crippen LogP contribution is 2.51. The maximum atomic E-state index is 1.59. The third-order valence-electron chi connectivity index (χ3n) is 5.39. The average molecular weight is 198 g/mol. The molecule has 0 aromatic carbocycles. The van der Waals surface area contributed by atoms with Crippen LogP contribution in [-0.4, -0.2) is 0 Å². The van der Waals surface area contributed by atoms with Crippen LogP contribution in [0.25, 0.3) is 0 Å². The number of rotatable bonds is 0. The summed E-state index contributed by atoms with van der Waals surface area (Å²) in [6, 6.07) is 0. The van der Waals surface area contributed by atoms with Crippen LogP contribution >= 0.6 is 0 Å². The number of hydrogen-bond acceptors (Lipinski definition) is 0. The van der Waals surface area contributed by atoms with E-state index in [9.17, 15) is 0 Å². The standard InChI is InChI=1S/C14H24.3H2/c1-3-7-13-11(5-1)9-10-12-6-2-4-8-14(12)13;;;/h11-14H,1-10H2;3*1H. The van der Waals surface area contributed by atoms with Crippen molar-refractivity contribution < 1.29 is 4.28 Å². The molecule has 3 saturated carbocycles. The summed E-state index contributed by atoms with van der Waals surface area (Å²) < 4.78 is 0. The van der Waals surface area contributed by atoms with E-state index < -0.39 is 0 Å². The Morgan fingerprint density at radius 1 is 0.500 bits per heavy atom. The van der Waals surface area contributed by atoms with Gasteiger partial charge in [-0.05, 0) is 49.4 Å². The largest absolute Gasteiger partial charge is 0.0530 e. The lowest BCUT2D eigenvalue weighted by molar-refractivity contribution is 0.0278. The quantitative estimate of drug-likeness (QED) is 0.506. The van der Waals surface area contributed by atoms with Gasteiger partial charge in [-0.3, -0.25) is 0 Å². The van der Waals surface area contributed by atoms with Gasteiger partial charge in [0.05, 0.1) is 0 Å². The number of hydrogen-bond donors (Lipinski definition) is 0. The minimum absolute atomic E-state index is 0. The zero-order chi connectivity index (χ0) is 9.38. The molecule has 0 spiro atoms. The first kappa shape index (κ1) is 9.24. The van der Waals surface area contributed by atoms with Crippen molar-refractivity contribution in [2.45, 2.75) is 64.2 Å². The molecule has 0 N–H and O–H groups in total. The Morgan fingerprint density at radius 3 is 1.43 bits per heavy atom. The van der Waals surface area contributed by atoms with E-state index in [0.29, 0.717) is 0 Å². The fourth-order valence-corrected chi connectivity index (χ4v) is 4.74. The molecule has 3 aliphatic carbocycles. The van der Waals surface area contributed by atoms with Gasteiger partial charge in [0.1, 0.15) is 0 Å². The van der Waals surface area contributed by atoms with Gasteiger partial charge >= 0.3 is 0 Å². The minimum Gasteiger partial charge on any atom is -0.0530 e. The molecule has 0 heteroatoms. The first-order chi connectivity index (χ1) is 6.95. The maximum absolute atomic E-state index is 1.59. The molecular weight excluding hydrogens is 168 g/mol. The Labute approximate surface area is 92.9 Å². The van der Waals surface area contributed by atoms with Gasteiger partial charge in [-0.1, -0.05) is 38.5 Å². The van der Waals surface area contributed by atoms with E-state index in [-0.39, 0.29) is 4.28 Å². The summed E-state index contributed by atoms with van der Waals surface area (Å²) >= 11 is 0. The lowest BCUT2D eigenvalue weighted by Gasteiger charge is -2.48. The average Bonchev–Trinajstić information content (AvgIpc) is 2.29. The molecule has 0 amide bonds. The zero-order valence-electron chi connectivity index (χ0n) is 9.38. The Kier molecular flexibility index (Phi) is 2.55. The van der Waals surface area contributed by atoms with Gasteiger partial charge < -0.3 is 0 Å². The third kappa shape index (κ3) is 1.51. The Hall–Kier alpha value is 0. The first-order valence-corrected chi connectivity index (χ1v) is 6.95. The summed E-state index contributed by atoms with van der Waals surface area (Å²) in [4.78, 5) is 0. The molecule has 4 atom stereocenters. The number of fused-ring (bicyclic) bond motifs is 3. The molecule has 0 nitrogen and oxygen atoms in total. The van der Waals surface area contributed by atoms with E-state index in [1.165, 1.54) is 11.8 Å². The van der Waals surface area contributed by atoms with E-state index in [4.69, 9.17) is 0 Å². The molecule has 0 saturated heterocycles. The SMILES string of the molecule is C1CCC2C(C1)CCC1CCCCC12.[HH].[HH].[HH]. The van der Waals surface area contributed by atoms with E-state index in [1.54, 1.807) is 64.2 Å². The van der Waals surface area contributed by atoms with E-state index in [0.717, 1.165) is 11.8 Å². The summed E-state index contributed by atoms with van der Waals surface area (Å²) in [5.41, 5.74) is 0. The minimum atomic E-state index is 0. The van der Waals surface area contributed by atoms with Gasteiger partial charge in [0.25, 0.3) is 0 Å². The summed E-state index contributed by atoms with van der Waals surface area (Å²) in [5, 5.41) is 0. The van der Waals surface area contributed by atoms with Gasteiger partial charge in [-0.15, -0.1) is 0 Å². The van der Waals surface area contributed by atoms with Crippen molar-refractivity contribution in [3.05, 3.63) is 0 Å².